The molecular weight excluding hydrogens is 304 g/mol. The van der Waals surface area contributed by atoms with Gasteiger partial charge in [0.1, 0.15) is 11.8 Å². The van der Waals surface area contributed by atoms with E-state index in [2.05, 4.69) is 17.9 Å². The Morgan fingerprint density at radius 2 is 1.90 bits per heavy atom. The van der Waals surface area contributed by atoms with Gasteiger partial charge in [0.15, 0.2) is 0 Å². The molecule has 2 unspecified atom stereocenters. The van der Waals surface area contributed by atoms with Gasteiger partial charge >= 0.3 is 0 Å². The van der Waals surface area contributed by atoms with Gasteiger partial charge < -0.3 is 10.1 Å². The predicted octanol–water partition coefficient (Wildman–Crippen LogP) is 3.72. The number of rotatable bonds is 3. The summed E-state index contributed by atoms with van der Waals surface area (Å²) in [6.07, 6.45) is 0.958. The predicted molar refractivity (Wildman–Crippen MR) is 88.6 cm³/mol. The molecule has 21 heavy (non-hydrogen) atoms. The highest BCUT2D eigenvalue weighted by Crippen LogP contribution is 2.36. The lowest BCUT2D eigenvalue weighted by atomic mass is 10.0. The molecule has 0 saturated heterocycles. The number of nitrogens with zero attached hydrogens (tertiary/aromatic N) is 1. The van der Waals surface area contributed by atoms with Crippen LogP contribution in [0.4, 0.5) is 5.69 Å². The van der Waals surface area contributed by atoms with Crippen LogP contribution in [0.25, 0.3) is 0 Å². The molecule has 1 heterocycles. The number of thiol groups is 1. The number of carbonyl (C=O) groups excluding carboxylic acids is 1. The number of nitrogens with one attached hydrogen (secondary N) is 1. The lowest BCUT2D eigenvalue weighted by molar-refractivity contribution is -0.113. The number of aldehydes is 1. The van der Waals surface area contributed by atoms with E-state index < -0.39 is 0 Å². The van der Waals surface area contributed by atoms with Gasteiger partial charge in [-0.15, -0.1) is 12.6 Å². The maximum Gasteiger partial charge on any atom is 0.141 e. The van der Waals surface area contributed by atoms with E-state index in [9.17, 15) is 4.79 Å². The summed E-state index contributed by atoms with van der Waals surface area (Å²) in [5.74, 6) is 0. The van der Waals surface area contributed by atoms with Gasteiger partial charge in [0.2, 0.25) is 0 Å². The van der Waals surface area contributed by atoms with Crippen LogP contribution >= 0.6 is 24.2 Å². The summed E-state index contributed by atoms with van der Waals surface area (Å²) < 4.78 is 0. The van der Waals surface area contributed by atoms with Crippen LogP contribution in [-0.4, -0.2) is 16.7 Å². The van der Waals surface area contributed by atoms with E-state index in [1.165, 1.54) is 0 Å². The molecule has 0 saturated carbocycles. The molecule has 1 aliphatic rings. The second-order valence-corrected chi connectivity index (χ2v) is 5.85. The maximum atomic E-state index is 11.6. The summed E-state index contributed by atoms with van der Waals surface area (Å²) in [7, 11) is 0. The monoisotopic (exact) mass is 318 g/mol. The van der Waals surface area contributed by atoms with Crippen LogP contribution in [0, 0.1) is 0 Å². The number of hydrogen-bond donors (Lipinski definition) is 2. The van der Waals surface area contributed by atoms with Gasteiger partial charge in [-0.3, -0.25) is 4.90 Å². The molecule has 0 aliphatic carbocycles. The molecule has 2 atom stereocenters. The summed E-state index contributed by atoms with van der Waals surface area (Å²) >= 11 is 10.8. The summed E-state index contributed by atoms with van der Waals surface area (Å²) in [5, 5.41) is 4.00. The molecule has 108 valence electrons. The quantitative estimate of drug-likeness (QED) is 0.668. The fraction of sp³-hybridized carbons (Fsp3) is 0.188. The zero-order valence-corrected chi connectivity index (χ0v) is 12.9. The number of para-hydroxylation sites is 1. The van der Waals surface area contributed by atoms with Gasteiger partial charge in [0.25, 0.3) is 0 Å². The van der Waals surface area contributed by atoms with Crippen molar-refractivity contribution in [3.63, 3.8) is 0 Å². The maximum absolute atomic E-state index is 11.6. The molecular formula is C16H15ClN2OS. The van der Waals surface area contributed by atoms with E-state index >= 15 is 0 Å². The molecule has 0 spiro atoms. The Kier molecular flexibility index (Phi) is 4.19. The van der Waals surface area contributed by atoms with Gasteiger partial charge in [-0.25, -0.2) is 0 Å². The first-order valence-corrected chi connectivity index (χ1v) is 7.58. The topological polar surface area (TPSA) is 32.3 Å². The highest BCUT2D eigenvalue weighted by atomic mass is 35.5. The average Bonchev–Trinajstić information content (AvgIpc) is 2.50. The van der Waals surface area contributed by atoms with Gasteiger partial charge in [-0.1, -0.05) is 48.0 Å². The van der Waals surface area contributed by atoms with Crippen LogP contribution in [0.15, 0.2) is 48.5 Å². The Morgan fingerprint density at radius 3 is 2.67 bits per heavy atom. The van der Waals surface area contributed by atoms with Crippen molar-refractivity contribution in [2.75, 3.05) is 5.32 Å². The minimum Gasteiger partial charge on any atom is -0.361 e. The highest BCUT2D eigenvalue weighted by Gasteiger charge is 2.32. The van der Waals surface area contributed by atoms with Crippen molar-refractivity contribution in [2.24, 2.45) is 0 Å². The first-order chi connectivity index (χ1) is 10.2. The molecule has 1 aliphatic heterocycles. The van der Waals surface area contributed by atoms with Gasteiger partial charge in [0, 0.05) is 17.3 Å². The zero-order chi connectivity index (χ0) is 14.8. The van der Waals surface area contributed by atoms with Crippen molar-refractivity contribution in [1.82, 2.24) is 4.90 Å². The summed E-state index contributed by atoms with van der Waals surface area (Å²) in [6.45, 7) is 0.554. The third-order valence-electron chi connectivity index (χ3n) is 3.68. The van der Waals surface area contributed by atoms with E-state index in [4.69, 9.17) is 11.6 Å². The van der Waals surface area contributed by atoms with E-state index in [0.717, 1.165) is 23.1 Å². The number of fused-ring (bicyclic) bond motifs is 1. The Bertz CT molecular complexity index is 664. The van der Waals surface area contributed by atoms with E-state index in [1.807, 2.05) is 53.4 Å². The summed E-state index contributed by atoms with van der Waals surface area (Å²) in [6, 6.07) is 15.1. The van der Waals surface area contributed by atoms with E-state index in [1.54, 1.807) is 0 Å². The minimum absolute atomic E-state index is 0.244. The highest BCUT2D eigenvalue weighted by molar-refractivity contribution is 7.81. The van der Waals surface area contributed by atoms with Crippen molar-refractivity contribution in [1.29, 1.82) is 0 Å². The zero-order valence-electron chi connectivity index (χ0n) is 11.2. The van der Waals surface area contributed by atoms with Crippen molar-refractivity contribution in [2.45, 2.75) is 18.1 Å². The van der Waals surface area contributed by atoms with Crippen LogP contribution in [-0.2, 0) is 11.3 Å². The summed E-state index contributed by atoms with van der Waals surface area (Å²) in [4.78, 5) is 13.6. The molecule has 0 bridgehead atoms. The smallest absolute Gasteiger partial charge is 0.141 e. The molecule has 0 radical (unpaired) electrons. The van der Waals surface area contributed by atoms with Crippen molar-refractivity contribution in [3.05, 3.63) is 64.7 Å². The van der Waals surface area contributed by atoms with Crippen molar-refractivity contribution < 1.29 is 4.79 Å². The normalized spacial score (nSPS) is 21.4. The summed E-state index contributed by atoms with van der Waals surface area (Å²) in [5.41, 5.74) is 2.65. The Labute approximate surface area is 134 Å². The third kappa shape index (κ3) is 2.79. The van der Waals surface area contributed by atoms with Crippen LogP contribution in [0.5, 0.6) is 0 Å². The number of hydrogen-bond acceptors (Lipinski definition) is 4. The van der Waals surface area contributed by atoms with Crippen LogP contribution in [0.2, 0.25) is 5.02 Å². The largest absolute Gasteiger partial charge is 0.361 e. The third-order valence-corrected chi connectivity index (χ3v) is 4.47. The van der Waals surface area contributed by atoms with Crippen molar-refractivity contribution >= 4 is 36.2 Å². The fourth-order valence-electron chi connectivity index (χ4n) is 2.60. The molecule has 5 heteroatoms. The number of anilines is 1. The van der Waals surface area contributed by atoms with Crippen molar-refractivity contribution in [3.8, 4) is 0 Å². The molecule has 0 fully saturated rings. The standard InChI is InChI=1S/C16H15ClN2OS/c17-13-7-3-1-5-11(13)9-19-15(10-20)12-6-2-4-8-14(12)18-16(19)21/h1-8,10,15-16,18,21H,9H2. The van der Waals surface area contributed by atoms with Crippen LogP contribution in [0.1, 0.15) is 17.2 Å². The first kappa shape index (κ1) is 14.4. The van der Waals surface area contributed by atoms with E-state index in [0.29, 0.717) is 11.6 Å². The Hall–Kier alpha value is -1.49. The molecule has 3 rings (SSSR count). The van der Waals surface area contributed by atoms with Crippen LogP contribution < -0.4 is 5.32 Å². The molecule has 0 aromatic heterocycles. The number of benzene rings is 2. The molecule has 3 nitrogen and oxygen atoms in total. The number of halogens is 1. The second-order valence-electron chi connectivity index (χ2n) is 4.95. The second kappa shape index (κ2) is 6.10. The van der Waals surface area contributed by atoms with Gasteiger partial charge in [-0.05, 0) is 23.3 Å². The first-order valence-electron chi connectivity index (χ1n) is 6.68. The molecule has 2 aromatic carbocycles. The Balaban J connectivity index is 1.95. The molecule has 0 amide bonds. The molecule has 2 aromatic rings. The van der Waals surface area contributed by atoms with Gasteiger partial charge in [-0.2, -0.15) is 0 Å². The fourth-order valence-corrected chi connectivity index (χ4v) is 3.16. The lowest BCUT2D eigenvalue weighted by Crippen LogP contribution is -2.44. The Morgan fingerprint density at radius 1 is 1.19 bits per heavy atom. The average molecular weight is 319 g/mol. The number of carbonyl (C=O) groups is 1. The van der Waals surface area contributed by atoms with Crippen LogP contribution in [0.3, 0.4) is 0 Å². The minimum atomic E-state index is -0.332. The van der Waals surface area contributed by atoms with Gasteiger partial charge in [0.05, 0.1) is 6.04 Å². The SMILES string of the molecule is O=CC1c2ccccc2NC(S)N1Cc1ccccc1Cl. The van der Waals surface area contributed by atoms with E-state index in [-0.39, 0.29) is 11.5 Å². The lowest BCUT2D eigenvalue weighted by Gasteiger charge is -2.39. The molecule has 1 N–H and O–H groups in total.